The molecular formula is C14H24O5. The largest absolute Gasteiger partial charge is 0.499 e. The molecule has 0 fully saturated rings. The van der Waals surface area contributed by atoms with Gasteiger partial charge in [0, 0.05) is 5.57 Å². The maximum atomic E-state index is 11.1. The van der Waals surface area contributed by atoms with Gasteiger partial charge in [0.1, 0.15) is 13.2 Å². The van der Waals surface area contributed by atoms with Crippen LogP contribution in [0.25, 0.3) is 0 Å². The summed E-state index contributed by atoms with van der Waals surface area (Å²) in [5, 5.41) is 0. The van der Waals surface area contributed by atoms with Gasteiger partial charge in [0.2, 0.25) is 0 Å². The van der Waals surface area contributed by atoms with Crippen LogP contribution in [0.5, 0.6) is 0 Å². The van der Waals surface area contributed by atoms with Crippen LogP contribution in [0.1, 0.15) is 20.8 Å². The second-order valence-electron chi connectivity index (χ2n) is 4.24. The maximum Gasteiger partial charge on any atom is 0.333 e. The van der Waals surface area contributed by atoms with Gasteiger partial charge in [-0.25, -0.2) is 4.79 Å². The number of hydrogen-bond acceptors (Lipinski definition) is 5. The van der Waals surface area contributed by atoms with Gasteiger partial charge in [-0.1, -0.05) is 13.2 Å². The molecule has 0 aliphatic rings. The van der Waals surface area contributed by atoms with Crippen LogP contribution < -0.4 is 0 Å². The third-order valence-electron chi connectivity index (χ3n) is 2.13. The summed E-state index contributed by atoms with van der Waals surface area (Å²) in [5.41, 5.74) is 0.381. The van der Waals surface area contributed by atoms with Crippen molar-refractivity contribution in [3.05, 3.63) is 25.0 Å². The van der Waals surface area contributed by atoms with Gasteiger partial charge in [-0.05, 0) is 20.8 Å². The van der Waals surface area contributed by atoms with E-state index < -0.39 is 5.97 Å². The van der Waals surface area contributed by atoms with E-state index in [1.807, 2.05) is 13.8 Å². The SMILES string of the molecule is C=COCC(C)OCCOC(C)COC(=O)C(=C)C. The molecule has 2 atom stereocenters. The fourth-order valence-electron chi connectivity index (χ4n) is 1.11. The van der Waals surface area contributed by atoms with E-state index in [0.717, 1.165) is 0 Å². The lowest BCUT2D eigenvalue weighted by Gasteiger charge is -2.15. The minimum atomic E-state index is -0.401. The summed E-state index contributed by atoms with van der Waals surface area (Å²) in [6, 6.07) is 0. The first kappa shape index (κ1) is 17.7. The van der Waals surface area contributed by atoms with Crippen molar-refractivity contribution in [3.8, 4) is 0 Å². The summed E-state index contributed by atoms with van der Waals surface area (Å²) >= 11 is 0. The van der Waals surface area contributed by atoms with Crippen LogP contribution in [-0.4, -0.2) is 44.6 Å². The molecule has 0 spiro atoms. The highest BCUT2D eigenvalue weighted by molar-refractivity contribution is 5.86. The molecule has 0 aliphatic carbocycles. The van der Waals surface area contributed by atoms with Crippen LogP contribution in [-0.2, 0) is 23.7 Å². The molecule has 0 aromatic rings. The van der Waals surface area contributed by atoms with Crippen molar-refractivity contribution in [1.29, 1.82) is 0 Å². The summed E-state index contributed by atoms with van der Waals surface area (Å²) in [6.45, 7) is 13.9. The van der Waals surface area contributed by atoms with E-state index in [1.54, 1.807) is 6.92 Å². The highest BCUT2D eigenvalue weighted by atomic mass is 16.6. The Bertz CT molecular complexity index is 288. The molecule has 0 aliphatic heterocycles. The highest BCUT2D eigenvalue weighted by Crippen LogP contribution is 1.98. The van der Waals surface area contributed by atoms with E-state index in [2.05, 4.69) is 13.2 Å². The molecule has 0 aromatic heterocycles. The zero-order valence-corrected chi connectivity index (χ0v) is 12.0. The molecule has 0 radical (unpaired) electrons. The normalized spacial score (nSPS) is 13.4. The van der Waals surface area contributed by atoms with Crippen LogP contribution in [0.3, 0.4) is 0 Å². The lowest BCUT2D eigenvalue weighted by molar-refractivity contribution is -0.143. The smallest absolute Gasteiger partial charge is 0.333 e. The zero-order valence-electron chi connectivity index (χ0n) is 12.0. The average Bonchev–Trinajstić information content (AvgIpc) is 2.38. The fourth-order valence-corrected chi connectivity index (χ4v) is 1.11. The van der Waals surface area contributed by atoms with E-state index in [0.29, 0.717) is 25.4 Å². The van der Waals surface area contributed by atoms with Crippen molar-refractivity contribution in [3.63, 3.8) is 0 Å². The first-order chi connectivity index (χ1) is 8.97. The number of rotatable bonds is 11. The fraction of sp³-hybridized carbons (Fsp3) is 0.643. The Morgan fingerprint density at radius 2 is 1.68 bits per heavy atom. The molecule has 0 amide bonds. The van der Waals surface area contributed by atoms with Crippen LogP contribution in [0.4, 0.5) is 0 Å². The monoisotopic (exact) mass is 272 g/mol. The Balaban J connectivity index is 3.52. The number of ether oxygens (including phenoxy) is 4. The molecule has 0 bridgehead atoms. The van der Waals surface area contributed by atoms with Gasteiger partial charge in [-0.2, -0.15) is 0 Å². The number of carbonyl (C=O) groups is 1. The molecule has 2 unspecified atom stereocenters. The first-order valence-corrected chi connectivity index (χ1v) is 6.25. The molecule has 0 saturated heterocycles. The maximum absolute atomic E-state index is 11.1. The van der Waals surface area contributed by atoms with Crippen molar-refractivity contribution in [2.24, 2.45) is 0 Å². The first-order valence-electron chi connectivity index (χ1n) is 6.25. The Kier molecular flexibility index (Phi) is 9.84. The summed E-state index contributed by atoms with van der Waals surface area (Å²) < 4.78 is 20.8. The third kappa shape index (κ3) is 10.3. The third-order valence-corrected chi connectivity index (χ3v) is 2.13. The van der Waals surface area contributed by atoms with E-state index in [-0.39, 0.29) is 18.8 Å². The number of hydrogen-bond donors (Lipinski definition) is 0. The Hall–Kier alpha value is -1.33. The summed E-state index contributed by atoms with van der Waals surface area (Å²) in [7, 11) is 0. The molecule has 19 heavy (non-hydrogen) atoms. The van der Waals surface area contributed by atoms with Crippen molar-refractivity contribution in [2.45, 2.75) is 33.0 Å². The second kappa shape index (κ2) is 10.6. The predicted octanol–water partition coefficient (Wildman–Crippen LogP) is 2.08. The Morgan fingerprint density at radius 3 is 2.16 bits per heavy atom. The lowest BCUT2D eigenvalue weighted by Crippen LogP contribution is -2.23. The van der Waals surface area contributed by atoms with E-state index in [9.17, 15) is 4.79 Å². The molecule has 5 nitrogen and oxygen atoms in total. The van der Waals surface area contributed by atoms with Gasteiger partial charge in [-0.3, -0.25) is 0 Å². The predicted molar refractivity (Wildman–Crippen MR) is 72.8 cm³/mol. The molecule has 110 valence electrons. The van der Waals surface area contributed by atoms with Gasteiger partial charge in [0.25, 0.3) is 0 Å². The van der Waals surface area contributed by atoms with Crippen molar-refractivity contribution in [2.75, 3.05) is 26.4 Å². The van der Waals surface area contributed by atoms with Crippen LogP contribution in [0.2, 0.25) is 0 Å². The molecular weight excluding hydrogens is 248 g/mol. The summed E-state index contributed by atoms with van der Waals surface area (Å²) in [6.07, 6.45) is 1.19. The zero-order chi connectivity index (χ0) is 14.7. The van der Waals surface area contributed by atoms with Crippen molar-refractivity contribution < 1.29 is 23.7 Å². The minimum Gasteiger partial charge on any atom is -0.499 e. The Labute approximate surface area is 115 Å². The molecule has 0 rings (SSSR count). The second-order valence-corrected chi connectivity index (χ2v) is 4.24. The minimum absolute atomic E-state index is 0.0156. The number of carbonyl (C=O) groups excluding carboxylic acids is 1. The molecule has 0 N–H and O–H groups in total. The highest BCUT2D eigenvalue weighted by Gasteiger charge is 2.08. The van der Waals surface area contributed by atoms with Crippen molar-refractivity contribution >= 4 is 5.97 Å². The Morgan fingerprint density at radius 1 is 1.16 bits per heavy atom. The van der Waals surface area contributed by atoms with Gasteiger partial charge < -0.3 is 18.9 Å². The van der Waals surface area contributed by atoms with E-state index in [4.69, 9.17) is 18.9 Å². The molecule has 5 heteroatoms. The molecule has 0 heterocycles. The quantitative estimate of drug-likeness (QED) is 0.249. The van der Waals surface area contributed by atoms with Crippen LogP contribution in [0, 0.1) is 0 Å². The van der Waals surface area contributed by atoms with Crippen LogP contribution >= 0.6 is 0 Å². The topological polar surface area (TPSA) is 54.0 Å². The average molecular weight is 272 g/mol. The van der Waals surface area contributed by atoms with E-state index in [1.165, 1.54) is 6.26 Å². The standard InChI is InChI=1S/C14H24O5/c1-6-16-9-12(4)17-7-8-18-13(5)10-19-14(15)11(2)3/h6,12-13H,1-2,7-10H2,3-5H3. The van der Waals surface area contributed by atoms with Crippen molar-refractivity contribution in [1.82, 2.24) is 0 Å². The van der Waals surface area contributed by atoms with Gasteiger partial charge in [0.15, 0.2) is 0 Å². The lowest BCUT2D eigenvalue weighted by atomic mass is 10.3. The van der Waals surface area contributed by atoms with E-state index >= 15 is 0 Å². The molecule has 0 aromatic carbocycles. The number of esters is 1. The summed E-state index contributed by atoms with van der Waals surface area (Å²) in [5.74, 6) is -0.401. The van der Waals surface area contributed by atoms with Crippen LogP contribution in [0.15, 0.2) is 25.0 Å². The molecule has 0 saturated carbocycles. The van der Waals surface area contributed by atoms with Gasteiger partial charge in [-0.15, -0.1) is 0 Å². The summed E-state index contributed by atoms with van der Waals surface area (Å²) in [4.78, 5) is 11.1. The van der Waals surface area contributed by atoms with Gasteiger partial charge in [0.05, 0.1) is 31.7 Å². The van der Waals surface area contributed by atoms with Gasteiger partial charge >= 0.3 is 5.97 Å².